The highest BCUT2D eigenvalue weighted by Gasteiger charge is 2.30. The Morgan fingerprint density at radius 1 is 1.10 bits per heavy atom. The van der Waals surface area contributed by atoms with E-state index in [1.807, 2.05) is 0 Å². The van der Waals surface area contributed by atoms with Crippen molar-refractivity contribution >= 4 is 5.52 Å². The van der Waals surface area contributed by atoms with Gasteiger partial charge in [0.05, 0.1) is 34.9 Å². The van der Waals surface area contributed by atoms with Crippen LogP contribution in [0.4, 0.5) is 13.2 Å². The van der Waals surface area contributed by atoms with E-state index in [2.05, 4.69) is 10.1 Å². The summed E-state index contributed by atoms with van der Waals surface area (Å²) < 4.78 is 39.4. The second-order valence-corrected chi connectivity index (χ2v) is 4.52. The van der Waals surface area contributed by atoms with Crippen LogP contribution in [0.25, 0.3) is 16.8 Å². The normalized spacial score (nSPS) is 12.0. The first kappa shape index (κ1) is 13.6. The second kappa shape index (κ2) is 4.85. The molecule has 0 aliphatic rings. The lowest BCUT2D eigenvalue weighted by Crippen LogP contribution is -2.06. The molecule has 0 radical (unpaired) electrons. The first-order chi connectivity index (χ1) is 9.99. The summed E-state index contributed by atoms with van der Waals surface area (Å²) in [7, 11) is 0. The molecule has 7 heteroatoms. The molecule has 0 aliphatic heterocycles. The highest BCUT2D eigenvalue weighted by molar-refractivity contribution is 5.76. The zero-order valence-electron chi connectivity index (χ0n) is 10.8. The van der Waals surface area contributed by atoms with Crippen molar-refractivity contribution in [2.24, 2.45) is 5.73 Å². The maximum atomic E-state index is 12.6. The van der Waals surface area contributed by atoms with Crippen molar-refractivity contribution < 1.29 is 13.2 Å². The Balaban J connectivity index is 2.13. The number of aromatic nitrogens is 3. The summed E-state index contributed by atoms with van der Waals surface area (Å²) in [6, 6.07) is 6.63. The number of benzene rings is 1. The van der Waals surface area contributed by atoms with Gasteiger partial charge in [0, 0.05) is 12.1 Å². The van der Waals surface area contributed by atoms with Crippen molar-refractivity contribution in [3.8, 4) is 11.3 Å². The largest absolute Gasteiger partial charge is 0.416 e. The Bertz CT molecular complexity index is 775. The number of hydrogen-bond donors (Lipinski definition) is 1. The molecule has 0 unspecified atom stereocenters. The van der Waals surface area contributed by atoms with Crippen LogP contribution in [0, 0.1) is 0 Å². The average molecular weight is 292 g/mol. The van der Waals surface area contributed by atoms with Crippen LogP contribution in [0.15, 0.2) is 42.7 Å². The molecule has 2 heterocycles. The third-order valence-corrected chi connectivity index (χ3v) is 3.13. The number of nitrogens with two attached hydrogens (primary N) is 1. The van der Waals surface area contributed by atoms with Gasteiger partial charge in [-0.3, -0.25) is 0 Å². The molecule has 108 valence electrons. The monoisotopic (exact) mass is 292 g/mol. The fourth-order valence-electron chi connectivity index (χ4n) is 2.10. The Hall–Kier alpha value is -2.41. The molecule has 21 heavy (non-hydrogen) atoms. The van der Waals surface area contributed by atoms with Crippen molar-refractivity contribution in [3.05, 3.63) is 54.0 Å². The van der Waals surface area contributed by atoms with Crippen LogP contribution < -0.4 is 5.73 Å². The lowest BCUT2D eigenvalue weighted by Gasteiger charge is -2.09. The Labute approximate surface area is 118 Å². The van der Waals surface area contributed by atoms with Gasteiger partial charge in [-0.2, -0.15) is 18.3 Å². The third kappa shape index (κ3) is 2.47. The number of fused-ring (bicyclic) bond motifs is 1. The quantitative estimate of drug-likeness (QED) is 0.790. The van der Waals surface area contributed by atoms with Gasteiger partial charge in [-0.15, -0.1) is 0 Å². The van der Waals surface area contributed by atoms with E-state index in [0.29, 0.717) is 22.5 Å². The van der Waals surface area contributed by atoms with E-state index < -0.39 is 11.7 Å². The molecule has 4 nitrogen and oxygen atoms in total. The fraction of sp³-hybridized carbons (Fsp3) is 0.143. The molecule has 0 saturated carbocycles. The van der Waals surface area contributed by atoms with E-state index in [-0.39, 0.29) is 6.54 Å². The zero-order chi connectivity index (χ0) is 15.0. The van der Waals surface area contributed by atoms with Crippen molar-refractivity contribution in [3.63, 3.8) is 0 Å². The minimum atomic E-state index is -4.35. The molecule has 0 amide bonds. The van der Waals surface area contributed by atoms with Crippen LogP contribution >= 0.6 is 0 Å². The minimum absolute atomic E-state index is 0.226. The van der Waals surface area contributed by atoms with Gasteiger partial charge in [-0.25, -0.2) is 9.50 Å². The molecule has 0 atom stereocenters. The molecule has 0 aliphatic carbocycles. The summed E-state index contributed by atoms with van der Waals surface area (Å²) in [6.07, 6.45) is -1.05. The first-order valence-corrected chi connectivity index (χ1v) is 6.20. The molecule has 3 rings (SSSR count). The molecule has 2 N–H and O–H groups in total. The maximum absolute atomic E-state index is 12.6. The van der Waals surface area contributed by atoms with Crippen LogP contribution in [0.1, 0.15) is 11.3 Å². The van der Waals surface area contributed by atoms with Crippen molar-refractivity contribution in [1.82, 2.24) is 14.6 Å². The average Bonchev–Trinajstić information content (AvgIpc) is 2.93. The lowest BCUT2D eigenvalue weighted by molar-refractivity contribution is -0.137. The zero-order valence-corrected chi connectivity index (χ0v) is 10.8. The van der Waals surface area contributed by atoms with E-state index >= 15 is 0 Å². The lowest BCUT2D eigenvalue weighted by atomic mass is 10.1. The van der Waals surface area contributed by atoms with Crippen molar-refractivity contribution in [2.75, 3.05) is 0 Å². The SMILES string of the molecule is NCc1cn2nccc2c(-c2ccc(C(F)(F)F)cc2)n1. The van der Waals surface area contributed by atoms with Gasteiger partial charge >= 0.3 is 6.18 Å². The van der Waals surface area contributed by atoms with Gasteiger partial charge in [0.15, 0.2) is 0 Å². The predicted octanol–water partition coefficient (Wildman–Crippen LogP) is 2.87. The fourth-order valence-corrected chi connectivity index (χ4v) is 2.10. The van der Waals surface area contributed by atoms with Crippen LogP contribution in [0.2, 0.25) is 0 Å². The molecule has 1 aromatic carbocycles. The molecular weight excluding hydrogens is 281 g/mol. The van der Waals surface area contributed by atoms with Crippen molar-refractivity contribution in [1.29, 1.82) is 0 Å². The third-order valence-electron chi connectivity index (χ3n) is 3.13. The van der Waals surface area contributed by atoms with Gasteiger partial charge in [-0.1, -0.05) is 12.1 Å². The number of hydrogen-bond acceptors (Lipinski definition) is 3. The molecule has 0 saturated heterocycles. The standard InChI is InChI=1S/C14H11F3N4/c15-14(16,17)10-3-1-9(2-4-10)13-12-5-6-19-21(12)8-11(7-18)20-13/h1-6,8H,7,18H2. The van der Waals surface area contributed by atoms with Gasteiger partial charge in [0.25, 0.3) is 0 Å². The van der Waals surface area contributed by atoms with Gasteiger partial charge < -0.3 is 5.73 Å². The highest BCUT2D eigenvalue weighted by atomic mass is 19.4. The number of halogens is 3. The summed E-state index contributed by atoms with van der Waals surface area (Å²) in [4.78, 5) is 4.39. The van der Waals surface area contributed by atoms with Crippen LogP contribution in [0.5, 0.6) is 0 Å². The molecule has 0 fully saturated rings. The van der Waals surface area contributed by atoms with E-state index in [0.717, 1.165) is 12.1 Å². The van der Waals surface area contributed by atoms with Crippen LogP contribution in [-0.4, -0.2) is 14.6 Å². The first-order valence-electron chi connectivity index (χ1n) is 6.20. The maximum Gasteiger partial charge on any atom is 0.416 e. The molecule has 3 aromatic rings. The van der Waals surface area contributed by atoms with Crippen molar-refractivity contribution in [2.45, 2.75) is 12.7 Å². The Morgan fingerprint density at radius 2 is 1.81 bits per heavy atom. The van der Waals surface area contributed by atoms with E-state index in [1.165, 1.54) is 12.1 Å². The predicted molar refractivity (Wildman–Crippen MR) is 71.3 cm³/mol. The number of alkyl halides is 3. The van der Waals surface area contributed by atoms with Gasteiger partial charge in [0.2, 0.25) is 0 Å². The van der Waals surface area contributed by atoms with E-state index in [1.54, 1.807) is 23.0 Å². The molecule has 2 aromatic heterocycles. The summed E-state index contributed by atoms with van der Waals surface area (Å²) in [5, 5.41) is 4.11. The van der Waals surface area contributed by atoms with Gasteiger partial charge in [0.1, 0.15) is 0 Å². The molecule has 0 spiro atoms. The topological polar surface area (TPSA) is 56.2 Å². The van der Waals surface area contributed by atoms with Crippen LogP contribution in [-0.2, 0) is 12.7 Å². The smallest absolute Gasteiger partial charge is 0.325 e. The summed E-state index contributed by atoms with van der Waals surface area (Å²) in [5.41, 5.74) is 7.37. The van der Waals surface area contributed by atoms with Crippen LogP contribution in [0.3, 0.4) is 0 Å². The Kier molecular flexibility index (Phi) is 3.13. The number of nitrogens with zero attached hydrogens (tertiary/aromatic N) is 3. The summed E-state index contributed by atoms with van der Waals surface area (Å²) >= 11 is 0. The van der Waals surface area contributed by atoms with Gasteiger partial charge in [-0.05, 0) is 18.2 Å². The Morgan fingerprint density at radius 3 is 2.43 bits per heavy atom. The minimum Gasteiger partial charge on any atom is -0.325 e. The molecule has 0 bridgehead atoms. The highest BCUT2D eigenvalue weighted by Crippen LogP contribution is 2.31. The summed E-state index contributed by atoms with van der Waals surface area (Å²) in [5.74, 6) is 0. The van der Waals surface area contributed by atoms with E-state index in [9.17, 15) is 13.2 Å². The second-order valence-electron chi connectivity index (χ2n) is 4.52. The number of rotatable bonds is 2. The van der Waals surface area contributed by atoms with E-state index in [4.69, 9.17) is 5.73 Å². The molecular formula is C14H11F3N4. The summed E-state index contributed by atoms with van der Waals surface area (Å²) in [6.45, 7) is 0.226.